The molecule has 5 nitrogen and oxygen atoms in total. The molecule has 5 heteroatoms. The van der Waals surface area contributed by atoms with Gasteiger partial charge in [0.1, 0.15) is 28.7 Å². The summed E-state index contributed by atoms with van der Waals surface area (Å²) in [4.78, 5) is 0. The average Bonchev–Trinajstić information content (AvgIpc) is 2.33. The van der Waals surface area contributed by atoms with Crippen molar-refractivity contribution >= 4 is 0 Å². The fourth-order valence-corrected chi connectivity index (χ4v) is 1.49. The topological polar surface area (TPSA) is 101 Å². The molecule has 0 aliphatic carbocycles. The first-order valence-electron chi connectivity index (χ1n) is 5.93. The monoisotopic (exact) mass is 278 g/mol. The third-order valence-corrected chi connectivity index (χ3v) is 2.96. The highest BCUT2D eigenvalue weighted by atomic mass is 16.3. The minimum atomic E-state index is -0.138. The van der Waals surface area contributed by atoms with E-state index in [1.807, 2.05) is 13.8 Å². The van der Waals surface area contributed by atoms with Gasteiger partial charge in [-0.2, -0.15) is 0 Å². The Morgan fingerprint density at radius 1 is 0.550 bits per heavy atom. The van der Waals surface area contributed by atoms with Crippen molar-refractivity contribution in [1.29, 1.82) is 0 Å². The van der Waals surface area contributed by atoms with Crippen LogP contribution in [0.5, 0.6) is 28.7 Å². The lowest BCUT2D eigenvalue weighted by atomic mass is 10.1. The van der Waals surface area contributed by atoms with Crippen LogP contribution in [-0.2, 0) is 0 Å². The third-order valence-electron chi connectivity index (χ3n) is 2.96. The molecule has 0 bridgehead atoms. The lowest BCUT2D eigenvalue weighted by molar-refractivity contribution is 0.422. The Kier molecular flexibility index (Phi) is 4.69. The predicted molar refractivity (Wildman–Crippen MR) is 75.4 cm³/mol. The van der Waals surface area contributed by atoms with Crippen molar-refractivity contribution in [1.82, 2.24) is 0 Å². The number of hydrogen-bond acceptors (Lipinski definition) is 5. The number of benzene rings is 2. The van der Waals surface area contributed by atoms with Gasteiger partial charge in [-0.1, -0.05) is 0 Å². The van der Waals surface area contributed by atoms with Crippen molar-refractivity contribution < 1.29 is 25.5 Å². The molecule has 0 unspecified atom stereocenters. The quantitative estimate of drug-likeness (QED) is 0.510. The van der Waals surface area contributed by atoms with E-state index in [-0.39, 0.29) is 28.7 Å². The van der Waals surface area contributed by atoms with Gasteiger partial charge < -0.3 is 25.5 Å². The Bertz CT molecular complexity index is 518. The van der Waals surface area contributed by atoms with E-state index in [2.05, 4.69) is 0 Å². The van der Waals surface area contributed by atoms with Gasteiger partial charge in [0.2, 0.25) is 0 Å². The molecule has 0 radical (unpaired) electrons. The maximum Gasteiger partial charge on any atom is 0.125 e. The zero-order chi connectivity index (χ0) is 15.4. The average molecular weight is 278 g/mol. The first-order valence-corrected chi connectivity index (χ1v) is 5.93. The third kappa shape index (κ3) is 3.71. The van der Waals surface area contributed by atoms with Crippen molar-refractivity contribution in [2.24, 2.45) is 0 Å². The molecule has 108 valence electrons. The van der Waals surface area contributed by atoms with Crippen LogP contribution in [0.4, 0.5) is 0 Å². The van der Waals surface area contributed by atoms with Crippen LogP contribution in [0.2, 0.25) is 0 Å². The van der Waals surface area contributed by atoms with Crippen LogP contribution < -0.4 is 0 Å². The van der Waals surface area contributed by atoms with Crippen LogP contribution in [0.25, 0.3) is 0 Å². The summed E-state index contributed by atoms with van der Waals surface area (Å²) in [5.74, 6) is -0.0753. The highest BCUT2D eigenvalue weighted by molar-refractivity contribution is 5.47. The van der Waals surface area contributed by atoms with Crippen molar-refractivity contribution in [2.75, 3.05) is 0 Å². The SMILES string of the molecule is Cc1c(O)cc(O)cc1O.Cc1cc(O)cc(O)c1C. The van der Waals surface area contributed by atoms with E-state index in [0.29, 0.717) is 5.56 Å². The fraction of sp³-hybridized carbons (Fsp3) is 0.200. The van der Waals surface area contributed by atoms with Crippen LogP contribution in [0.1, 0.15) is 16.7 Å². The van der Waals surface area contributed by atoms with Gasteiger partial charge in [-0.25, -0.2) is 0 Å². The summed E-state index contributed by atoms with van der Waals surface area (Å²) in [5.41, 5.74) is 2.09. The molecule has 0 aromatic heterocycles. The summed E-state index contributed by atoms with van der Waals surface area (Å²) >= 11 is 0. The molecule has 0 atom stereocenters. The molecule has 20 heavy (non-hydrogen) atoms. The standard InChI is InChI=1S/C8H10O2.C7H8O3/c1-5-3-7(9)4-8(10)6(5)2;1-4-6(9)2-5(8)3-7(4)10/h3-4,9-10H,1-2H3;2-3,8-10H,1H3. The normalized spacial score (nSPS) is 9.75. The molecule has 0 saturated carbocycles. The Morgan fingerprint density at radius 2 is 0.900 bits per heavy atom. The predicted octanol–water partition coefficient (Wildman–Crippen LogP) is 2.83. The number of aryl methyl sites for hydroxylation is 1. The zero-order valence-corrected chi connectivity index (χ0v) is 11.5. The maximum absolute atomic E-state index is 9.12. The van der Waals surface area contributed by atoms with Crippen molar-refractivity contribution in [3.8, 4) is 28.7 Å². The van der Waals surface area contributed by atoms with Gasteiger partial charge >= 0.3 is 0 Å². The second-order valence-electron chi connectivity index (χ2n) is 4.52. The molecule has 0 aliphatic rings. The molecule has 2 aromatic rings. The molecule has 0 fully saturated rings. The smallest absolute Gasteiger partial charge is 0.125 e. The number of phenolic OH excluding ortho intramolecular Hbond substituents is 5. The fourth-order valence-electron chi connectivity index (χ4n) is 1.49. The lowest BCUT2D eigenvalue weighted by Crippen LogP contribution is -1.80. The first-order chi connectivity index (χ1) is 9.22. The van der Waals surface area contributed by atoms with Gasteiger partial charge in [-0.3, -0.25) is 0 Å². The second kappa shape index (κ2) is 6.06. The maximum atomic E-state index is 9.12. The summed E-state index contributed by atoms with van der Waals surface area (Å²) in [6, 6.07) is 5.31. The zero-order valence-electron chi connectivity index (χ0n) is 11.5. The van der Waals surface area contributed by atoms with E-state index in [1.54, 1.807) is 13.0 Å². The largest absolute Gasteiger partial charge is 0.508 e. The van der Waals surface area contributed by atoms with Gasteiger partial charge in [-0.05, 0) is 38.0 Å². The van der Waals surface area contributed by atoms with Gasteiger partial charge in [0.25, 0.3) is 0 Å². The molecule has 0 saturated heterocycles. The Balaban J connectivity index is 0.000000200. The van der Waals surface area contributed by atoms with Crippen molar-refractivity contribution in [3.63, 3.8) is 0 Å². The molecular weight excluding hydrogens is 260 g/mol. The van der Waals surface area contributed by atoms with E-state index in [4.69, 9.17) is 25.5 Å². The van der Waals surface area contributed by atoms with Crippen LogP contribution >= 0.6 is 0 Å². The van der Waals surface area contributed by atoms with E-state index in [1.165, 1.54) is 18.2 Å². The van der Waals surface area contributed by atoms with E-state index < -0.39 is 0 Å². The number of aromatic hydroxyl groups is 5. The van der Waals surface area contributed by atoms with Crippen molar-refractivity contribution in [3.05, 3.63) is 41.0 Å². The molecule has 5 N–H and O–H groups in total. The second-order valence-corrected chi connectivity index (χ2v) is 4.52. The molecule has 0 amide bonds. The van der Waals surface area contributed by atoms with E-state index in [0.717, 1.165) is 11.1 Å². The van der Waals surface area contributed by atoms with Gasteiger partial charge in [0.15, 0.2) is 0 Å². The molecule has 0 spiro atoms. The molecule has 2 rings (SSSR count). The van der Waals surface area contributed by atoms with Crippen LogP contribution in [0.3, 0.4) is 0 Å². The number of phenols is 5. The molecular formula is C15H18O5. The summed E-state index contributed by atoms with van der Waals surface area (Å²) in [5, 5.41) is 44.8. The summed E-state index contributed by atoms with van der Waals surface area (Å²) < 4.78 is 0. The highest BCUT2D eigenvalue weighted by Gasteiger charge is 2.02. The summed E-state index contributed by atoms with van der Waals surface area (Å²) in [6.07, 6.45) is 0. The lowest BCUT2D eigenvalue weighted by Gasteiger charge is -2.02. The Morgan fingerprint density at radius 3 is 1.30 bits per heavy atom. The van der Waals surface area contributed by atoms with Gasteiger partial charge in [0.05, 0.1) is 0 Å². The van der Waals surface area contributed by atoms with Crippen LogP contribution in [-0.4, -0.2) is 25.5 Å². The van der Waals surface area contributed by atoms with E-state index >= 15 is 0 Å². The first kappa shape index (κ1) is 15.5. The summed E-state index contributed by atoms with van der Waals surface area (Å²) in [6.45, 7) is 5.21. The molecule has 0 heterocycles. The minimum absolute atomic E-state index is 0.0995. The molecule has 0 aliphatic heterocycles. The highest BCUT2D eigenvalue weighted by Crippen LogP contribution is 2.30. The minimum Gasteiger partial charge on any atom is -0.508 e. The van der Waals surface area contributed by atoms with Gasteiger partial charge in [0, 0.05) is 23.8 Å². The van der Waals surface area contributed by atoms with Crippen LogP contribution in [0, 0.1) is 20.8 Å². The number of hydrogen-bond donors (Lipinski definition) is 5. The Labute approximate surface area is 117 Å². The summed E-state index contributed by atoms with van der Waals surface area (Å²) in [7, 11) is 0. The van der Waals surface area contributed by atoms with E-state index in [9.17, 15) is 0 Å². The van der Waals surface area contributed by atoms with Crippen LogP contribution in [0.15, 0.2) is 24.3 Å². The Hall–Kier alpha value is -2.56. The van der Waals surface area contributed by atoms with Gasteiger partial charge in [-0.15, -0.1) is 0 Å². The molecule has 2 aromatic carbocycles. The van der Waals surface area contributed by atoms with Crippen molar-refractivity contribution in [2.45, 2.75) is 20.8 Å². The number of rotatable bonds is 0.